The molecule has 0 atom stereocenters. The smallest absolute Gasteiger partial charge is 0.338 e. The van der Waals surface area contributed by atoms with E-state index in [1.165, 1.54) is 0 Å². The summed E-state index contributed by atoms with van der Waals surface area (Å²) in [6.07, 6.45) is 1.55. The van der Waals surface area contributed by atoms with Gasteiger partial charge in [0.1, 0.15) is 17.2 Å². The van der Waals surface area contributed by atoms with Crippen LogP contribution in [0.1, 0.15) is 20.7 Å². The van der Waals surface area contributed by atoms with Gasteiger partial charge in [-0.3, -0.25) is 9.78 Å². The normalized spacial score (nSPS) is 10.5. The Balaban J connectivity index is 1.97. The van der Waals surface area contributed by atoms with E-state index in [4.69, 9.17) is 0 Å². The molecular weight excluding hydrogens is 330 g/mol. The first-order valence-corrected chi connectivity index (χ1v) is 7.23. The first-order chi connectivity index (χ1) is 12.0. The number of fused-ring (bicyclic) bond motifs is 1. The number of rotatable bonds is 3. The average Bonchev–Trinajstić information content (AvgIpc) is 2.60. The molecule has 0 saturated carbocycles. The van der Waals surface area contributed by atoms with Crippen LogP contribution in [-0.4, -0.2) is 24.0 Å². The third-order valence-electron chi connectivity index (χ3n) is 3.57. The molecule has 0 radical (unpaired) electrons. The number of anilines is 1. The van der Waals surface area contributed by atoms with Crippen molar-refractivity contribution in [3.05, 3.63) is 71.4 Å². The minimum Gasteiger partial charge on any atom is -0.465 e. The highest BCUT2D eigenvalue weighted by Gasteiger charge is 2.21. The van der Waals surface area contributed by atoms with Crippen molar-refractivity contribution in [3.63, 3.8) is 0 Å². The number of carbonyl (C=O) groups excluding carboxylic acids is 2. The Morgan fingerprint density at radius 2 is 1.76 bits per heavy atom. The Hall–Kier alpha value is -3.35. The van der Waals surface area contributed by atoms with Crippen LogP contribution in [-0.2, 0) is 4.74 Å². The van der Waals surface area contributed by atoms with E-state index in [2.05, 4.69) is 15.0 Å². The monoisotopic (exact) mass is 342 g/mol. The van der Waals surface area contributed by atoms with Crippen molar-refractivity contribution >= 4 is 28.5 Å². The van der Waals surface area contributed by atoms with Crippen LogP contribution in [0.4, 0.5) is 14.5 Å². The summed E-state index contributed by atoms with van der Waals surface area (Å²) in [7, 11) is 1.09. The summed E-state index contributed by atoms with van der Waals surface area (Å²) in [5, 5.41) is 3.21. The van der Waals surface area contributed by atoms with Crippen LogP contribution >= 0.6 is 0 Å². The van der Waals surface area contributed by atoms with E-state index in [-0.39, 0.29) is 5.56 Å². The number of nitrogens with one attached hydrogen (secondary N) is 1. The van der Waals surface area contributed by atoms with Crippen molar-refractivity contribution in [1.82, 2.24) is 4.98 Å². The Labute approximate surface area is 141 Å². The molecular formula is C18H12F2N2O3. The van der Waals surface area contributed by atoms with E-state index >= 15 is 0 Å². The van der Waals surface area contributed by atoms with Crippen molar-refractivity contribution in [2.45, 2.75) is 0 Å². The second-order valence-electron chi connectivity index (χ2n) is 5.14. The van der Waals surface area contributed by atoms with Crippen LogP contribution in [0.25, 0.3) is 10.9 Å². The standard InChI is InChI=1S/C18H12F2N2O3/c1-25-18(24)11-8-12(19)15(13(20)9-11)17(23)22-14-6-2-4-10-5-3-7-21-16(10)14/h2-9H,1H3,(H,22,23). The van der Waals surface area contributed by atoms with Gasteiger partial charge in [0.05, 0.1) is 23.9 Å². The Morgan fingerprint density at radius 1 is 1.08 bits per heavy atom. The number of hydrogen-bond acceptors (Lipinski definition) is 4. The van der Waals surface area contributed by atoms with Gasteiger partial charge < -0.3 is 10.1 Å². The number of aromatic nitrogens is 1. The molecule has 126 valence electrons. The molecule has 0 bridgehead atoms. The fourth-order valence-electron chi connectivity index (χ4n) is 2.42. The highest BCUT2D eigenvalue weighted by atomic mass is 19.1. The van der Waals surface area contributed by atoms with Gasteiger partial charge in [-0.05, 0) is 24.3 Å². The predicted molar refractivity (Wildman–Crippen MR) is 87.4 cm³/mol. The molecule has 1 aromatic heterocycles. The van der Waals surface area contributed by atoms with Crippen molar-refractivity contribution in [2.75, 3.05) is 12.4 Å². The molecule has 0 aliphatic rings. The molecule has 1 N–H and O–H groups in total. The van der Waals surface area contributed by atoms with Crippen molar-refractivity contribution < 1.29 is 23.1 Å². The minimum atomic E-state index is -1.16. The average molecular weight is 342 g/mol. The molecule has 0 unspecified atom stereocenters. The number of ether oxygens (including phenoxy) is 1. The van der Waals surface area contributed by atoms with Crippen LogP contribution in [0.5, 0.6) is 0 Å². The van der Waals surface area contributed by atoms with Crippen LogP contribution < -0.4 is 5.32 Å². The second kappa shape index (κ2) is 6.64. The molecule has 3 aromatic rings. The molecule has 1 amide bonds. The van der Waals surface area contributed by atoms with Crippen molar-refractivity contribution in [2.24, 2.45) is 0 Å². The van der Waals surface area contributed by atoms with E-state index in [1.807, 2.05) is 0 Å². The summed E-state index contributed by atoms with van der Waals surface area (Å²) in [4.78, 5) is 27.8. The van der Waals surface area contributed by atoms with Crippen LogP contribution in [0.3, 0.4) is 0 Å². The maximum atomic E-state index is 14.2. The van der Waals surface area contributed by atoms with E-state index in [9.17, 15) is 18.4 Å². The number of methoxy groups -OCH3 is 1. The van der Waals surface area contributed by atoms with Gasteiger partial charge in [0.2, 0.25) is 0 Å². The molecule has 0 aliphatic heterocycles. The van der Waals surface area contributed by atoms with E-state index in [0.717, 1.165) is 24.6 Å². The van der Waals surface area contributed by atoms with Gasteiger partial charge in [-0.2, -0.15) is 0 Å². The number of benzene rings is 2. The molecule has 0 spiro atoms. The predicted octanol–water partition coefficient (Wildman–Crippen LogP) is 3.55. The molecule has 1 heterocycles. The third kappa shape index (κ3) is 3.16. The number of nitrogens with zero attached hydrogens (tertiary/aromatic N) is 1. The Kier molecular flexibility index (Phi) is 4.38. The molecule has 7 heteroatoms. The highest BCUT2D eigenvalue weighted by Crippen LogP contribution is 2.23. The van der Waals surface area contributed by atoms with Gasteiger partial charge in [-0.25, -0.2) is 13.6 Å². The molecule has 3 rings (SSSR count). The SMILES string of the molecule is COC(=O)c1cc(F)c(C(=O)Nc2cccc3cccnc23)c(F)c1. The lowest BCUT2D eigenvalue weighted by Crippen LogP contribution is -2.17. The van der Waals surface area contributed by atoms with Gasteiger partial charge in [-0.15, -0.1) is 0 Å². The fraction of sp³-hybridized carbons (Fsp3) is 0.0556. The van der Waals surface area contributed by atoms with Crippen molar-refractivity contribution in [3.8, 4) is 0 Å². The van der Waals surface area contributed by atoms with Crippen molar-refractivity contribution in [1.29, 1.82) is 0 Å². The third-order valence-corrected chi connectivity index (χ3v) is 3.57. The first-order valence-electron chi connectivity index (χ1n) is 7.23. The summed E-state index contributed by atoms with van der Waals surface area (Å²) in [5.41, 5.74) is -0.300. The highest BCUT2D eigenvalue weighted by molar-refractivity contribution is 6.08. The van der Waals surface area contributed by atoms with E-state index in [0.29, 0.717) is 11.2 Å². The Morgan fingerprint density at radius 3 is 2.44 bits per heavy atom. The number of esters is 1. The largest absolute Gasteiger partial charge is 0.465 e. The minimum absolute atomic E-state index is 0.318. The first kappa shape index (κ1) is 16.5. The summed E-state index contributed by atoms with van der Waals surface area (Å²) in [6, 6.07) is 10.1. The lowest BCUT2D eigenvalue weighted by molar-refractivity contribution is 0.0599. The lowest BCUT2D eigenvalue weighted by Gasteiger charge is -2.10. The molecule has 0 fully saturated rings. The summed E-state index contributed by atoms with van der Waals surface area (Å²) in [6.45, 7) is 0. The Bertz CT molecular complexity index is 961. The number of para-hydroxylation sites is 1. The van der Waals surface area contributed by atoms with Gasteiger partial charge in [0, 0.05) is 11.6 Å². The molecule has 0 saturated heterocycles. The van der Waals surface area contributed by atoms with Crippen LogP contribution in [0.15, 0.2) is 48.7 Å². The van der Waals surface area contributed by atoms with E-state index in [1.54, 1.807) is 36.5 Å². The quantitative estimate of drug-likeness (QED) is 0.739. The molecule has 5 nitrogen and oxygen atoms in total. The zero-order valence-corrected chi connectivity index (χ0v) is 13.0. The number of halogens is 2. The van der Waals surface area contributed by atoms with Gasteiger partial charge in [-0.1, -0.05) is 18.2 Å². The number of carbonyl (C=O) groups is 2. The second-order valence-corrected chi connectivity index (χ2v) is 5.14. The number of amides is 1. The number of hydrogen-bond donors (Lipinski definition) is 1. The number of pyridine rings is 1. The van der Waals surface area contributed by atoms with Gasteiger partial charge >= 0.3 is 5.97 Å². The maximum Gasteiger partial charge on any atom is 0.338 e. The summed E-state index contributed by atoms with van der Waals surface area (Å²) >= 11 is 0. The van der Waals surface area contributed by atoms with Crippen LogP contribution in [0, 0.1) is 11.6 Å². The molecule has 0 aliphatic carbocycles. The van der Waals surface area contributed by atoms with Gasteiger partial charge in [0.15, 0.2) is 0 Å². The zero-order valence-electron chi connectivity index (χ0n) is 13.0. The fourth-order valence-corrected chi connectivity index (χ4v) is 2.42. The summed E-state index contributed by atoms with van der Waals surface area (Å²) in [5.74, 6) is -4.20. The summed E-state index contributed by atoms with van der Waals surface area (Å²) < 4.78 is 32.7. The molecule has 25 heavy (non-hydrogen) atoms. The van der Waals surface area contributed by atoms with Crippen LogP contribution in [0.2, 0.25) is 0 Å². The van der Waals surface area contributed by atoms with Gasteiger partial charge in [0.25, 0.3) is 5.91 Å². The topological polar surface area (TPSA) is 68.3 Å². The lowest BCUT2D eigenvalue weighted by atomic mass is 10.1. The maximum absolute atomic E-state index is 14.2. The van der Waals surface area contributed by atoms with E-state index < -0.39 is 29.1 Å². The zero-order chi connectivity index (χ0) is 18.0. The molecule has 2 aromatic carbocycles.